The van der Waals surface area contributed by atoms with Gasteiger partial charge in [-0.1, -0.05) is 18.2 Å². The van der Waals surface area contributed by atoms with Crippen LogP contribution in [0.25, 0.3) is 0 Å². The molecule has 0 spiro atoms. The Morgan fingerprint density at radius 2 is 2.06 bits per heavy atom. The lowest BCUT2D eigenvalue weighted by atomic mass is 10.1. The van der Waals surface area contributed by atoms with Crippen molar-refractivity contribution in [3.8, 4) is 0 Å². The maximum atomic E-state index is 4.41. The SMILES string of the molecule is I.c1cc2c(cc1CNC1=NCCCN1)CCC2. The standard InChI is InChI=1S/C14H19N3.HI/c1-3-12-6-5-11(9-13(12)4-1)10-17-14-15-7-2-8-16-14;/h5-6,9H,1-4,7-8,10H2,(H2,15,16,17);1H. The van der Waals surface area contributed by atoms with Crippen molar-refractivity contribution in [2.75, 3.05) is 13.1 Å². The smallest absolute Gasteiger partial charge is 0.191 e. The fourth-order valence-corrected chi connectivity index (χ4v) is 2.57. The monoisotopic (exact) mass is 357 g/mol. The van der Waals surface area contributed by atoms with Gasteiger partial charge in [-0.25, -0.2) is 0 Å². The first-order valence-corrected chi connectivity index (χ1v) is 6.55. The highest BCUT2D eigenvalue weighted by Crippen LogP contribution is 2.22. The fourth-order valence-electron chi connectivity index (χ4n) is 2.57. The van der Waals surface area contributed by atoms with Crippen LogP contribution in [0.1, 0.15) is 29.5 Å². The number of nitrogens with one attached hydrogen (secondary N) is 2. The van der Waals surface area contributed by atoms with Crippen LogP contribution in [0.5, 0.6) is 0 Å². The molecule has 0 aromatic heterocycles. The third-order valence-corrected chi connectivity index (χ3v) is 3.52. The van der Waals surface area contributed by atoms with E-state index in [-0.39, 0.29) is 24.0 Å². The molecule has 0 fully saturated rings. The molecule has 0 unspecified atom stereocenters. The number of aliphatic imine (C=N–C) groups is 1. The van der Waals surface area contributed by atoms with Crippen LogP contribution < -0.4 is 10.6 Å². The van der Waals surface area contributed by atoms with Gasteiger partial charge in [0, 0.05) is 19.6 Å². The van der Waals surface area contributed by atoms with E-state index >= 15 is 0 Å². The molecule has 1 aromatic carbocycles. The number of aryl methyl sites for hydroxylation is 2. The molecule has 98 valence electrons. The van der Waals surface area contributed by atoms with Gasteiger partial charge in [-0.15, -0.1) is 24.0 Å². The number of fused-ring (bicyclic) bond motifs is 1. The van der Waals surface area contributed by atoms with Crippen LogP contribution in [-0.4, -0.2) is 19.0 Å². The first-order valence-electron chi connectivity index (χ1n) is 6.55. The Kier molecular flexibility index (Phi) is 4.86. The van der Waals surface area contributed by atoms with E-state index in [1.54, 1.807) is 11.1 Å². The van der Waals surface area contributed by atoms with Crippen molar-refractivity contribution in [2.24, 2.45) is 4.99 Å². The van der Waals surface area contributed by atoms with Crippen LogP contribution >= 0.6 is 24.0 Å². The van der Waals surface area contributed by atoms with Crippen LogP contribution in [0, 0.1) is 0 Å². The fraction of sp³-hybridized carbons (Fsp3) is 0.500. The molecule has 0 bridgehead atoms. The number of benzene rings is 1. The van der Waals surface area contributed by atoms with Crippen molar-refractivity contribution in [2.45, 2.75) is 32.2 Å². The highest BCUT2D eigenvalue weighted by molar-refractivity contribution is 14.0. The molecule has 3 rings (SSSR count). The number of guanidine groups is 1. The third-order valence-electron chi connectivity index (χ3n) is 3.52. The molecule has 2 aliphatic rings. The minimum atomic E-state index is 0. The van der Waals surface area contributed by atoms with E-state index in [4.69, 9.17) is 0 Å². The lowest BCUT2D eigenvalue weighted by Gasteiger charge is -2.16. The molecule has 0 atom stereocenters. The third kappa shape index (κ3) is 3.16. The van der Waals surface area contributed by atoms with E-state index in [0.29, 0.717) is 0 Å². The molecule has 1 aliphatic heterocycles. The number of rotatable bonds is 2. The molecule has 18 heavy (non-hydrogen) atoms. The predicted octanol–water partition coefficient (Wildman–Crippen LogP) is 2.23. The Balaban J connectivity index is 0.00000120. The van der Waals surface area contributed by atoms with E-state index < -0.39 is 0 Å². The Hall–Kier alpha value is -0.780. The van der Waals surface area contributed by atoms with Crippen molar-refractivity contribution >= 4 is 29.9 Å². The summed E-state index contributed by atoms with van der Waals surface area (Å²) in [5.41, 5.74) is 4.45. The second-order valence-corrected chi connectivity index (χ2v) is 4.82. The minimum absolute atomic E-state index is 0. The highest BCUT2D eigenvalue weighted by Gasteiger charge is 2.11. The van der Waals surface area contributed by atoms with Crippen LogP contribution in [0.4, 0.5) is 0 Å². The van der Waals surface area contributed by atoms with Crippen molar-refractivity contribution in [1.82, 2.24) is 10.6 Å². The molecule has 1 aromatic rings. The molecule has 0 saturated heterocycles. The molecular formula is C14H20IN3. The van der Waals surface area contributed by atoms with Gasteiger partial charge in [0.15, 0.2) is 5.96 Å². The van der Waals surface area contributed by atoms with Gasteiger partial charge < -0.3 is 10.6 Å². The zero-order valence-electron chi connectivity index (χ0n) is 10.5. The van der Waals surface area contributed by atoms with E-state index in [0.717, 1.165) is 32.0 Å². The molecular weight excluding hydrogens is 337 g/mol. The maximum Gasteiger partial charge on any atom is 0.191 e. The van der Waals surface area contributed by atoms with Crippen LogP contribution in [0.2, 0.25) is 0 Å². The van der Waals surface area contributed by atoms with E-state index in [1.165, 1.54) is 24.8 Å². The second-order valence-electron chi connectivity index (χ2n) is 4.82. The van der Waals surface area contributed by atoms with Crippen molar-refractivity contribution < 1.29 is 0 Å². The summed E-state index contributed by atoms with van der Waals surface area (Å²) < 4.78 is 0. The van der Waals surface area contributed by atoms with Crippen LogP contribution in [-0.2, 0) is 19.4 Å². The van der Waals surface area contributed by atoms with E-state index in [2.05, 4.69) is 33.8 Å². The van der Waals surface area contributed by atoms with Crippen molar-refractivity contribution in [3.05, 3.63) is 34.9 Å². The molecule has 2 N–H and O–H groups in total. The van der Waals surface area contributed by atoms with Gasteiger partial charge in [-0.3, -0.25) is 4.99 Å². The largest absolute Gasteiger partial charge is 0.356 e. The van der Waals surface area contributed by atoms with Crippen molar-refractivity contribution in [3.63, 3.8) is 0 Å². The van der Waals surface area contributed by atoms with Gasteiger partial charge in [0.05, 0.1) is 0 Å². The number of hydrogen-bond acceptors (Lipinski definition) is 3. The zero-order chi connectivity index (χ0) is 11.5. The lowest BCUT2D eigenvalue weighted by Crippen LogP contribution is -2.40. The Labute approximate surface area is 125 Å². The molecule has 0 saturated carbocycles. The second kappa shape index (κ2) is 6.41. The summed E-state index contributed by atoms with van der Waals surface area (Å²) >= 11 is 0. The van der Waals surface area contributed by atoms with Crippen LogP contribution in [0.3, 0.4) is 0 Å². The van der Waals surface area contributed by atoms with Crippen molar-refractivity contribution in [1.29, 1.82) is 0 Å². The van der Waals surface area contributed by atoms with Gasteiger partial charge >= 0.3 is 0 Å². The zero-order valence-corrected chi connectivity index (χ0v) is 12.9. The molecule has 1 aliphatic carbocycles. The average molecular weight is 357 g/mol. The Bertz CT molecular complexity index is 443. The van der Waals surface area contributed by atoms with Gasteiger partial charge in [0.25, 0.3) is 0 Å². The van der Waals surface area contributed by atoms with E-state index in [1.807, 2.05) is 0 Å². The molecule has 0 amide bonds. The molecule has 3 nitrogen and oxygen atoms in total. The lowest BCUT2D eigenvalue weighted by molar-refractivity contribution is 0.702. The summed E-state index contributed by atoms with van der Waals surface area (Å²) in [6.45, 7) is 2.86. The molecule has 0 radical (unpaired) electrons. The van der Waals surface area contributed by atoms with Crippen LogP contribution in [0.15, 0.2) is 23.2 Å². The summed E-state index contributed by atoms with van der Waals surface area (Å²) in [5, 5.41) is 6.65. The summed E-state index contributed by atoms with van der Waals surface area (Å²) in [5.74, 6) is 0.955. The quantitative estimate of drug-likeness (QED) is 0.797. The average Bonchev–Trinajstić information content (AvgIpc) is 2.85. The van der Waals surface area contributed by atoms with Gasteiger partial charge in [-0.2, -0.15) is 0 Å². The Morgan fingerprint density at radius 3 is 2.89 bits per heavy atom. The molecule has 1 heterocycles. The first-order chi connectivity index (χ1) is 8.42. The highest BCUT2D eigenvalue weighted by atomic mass is 127. The van der Waals surface area contributed by atoms with Gasteiger partial charge in [0.2, 0.25) is 0 Å². The summed E-state index contributed by atoms with van der Waals surface area (Å²) in [6, 6.07) is 6.87. The number of halogens is 1. The first kappa shape index (κ1) is 13.6. The molecule has 4 heteroatoms. The normalized spacial score (nSPS) is 17.2. The minimum Gasteiger partial charge on any atom is -0.356 e. The summed E-state index contributed by atoms with van der Waals surface area (Å²) in [4.78, 5) is 4.41. The van der Waals surface area contributed by atoms with Gasteiger partial charge in [-0.05, 0) is 42.4 Å². The van der Waals surface area contributed by atoms with Gasteiger partial charge in [0.1, 0.15) is 0 Å². The maximum absolute atomic E-state index is 4.41. The number of nitrogens with zero attached hydrogens (tertiary/aromatic N) is 1. The summed E-state index contributed by atoms with van der Waals surface area (Å²) in [6.07, 6.45) is 4.98. The topological polar surface area (TPSA) is 36.4 Å². The Morgan fingerprint density at radius 1 is 1.17 bits per heavy atom. The summed E-state index contributed by atoms with van der Waals surface area (Å²) in [7, 11) is 0. The van der Waals surface area contributed by atoms with E-state index in [9.17, 15) is 0 Å². The predicted molar refractivity (Wildman–Crippen MR) is 85.6 cm³/mol. The number of hydrogen-bond donors (Lipinski definition) is 2.